The third-order valence-corrected chi connectivity index (χ3v) is 5.39. The van der Waals surface area contributed by atoms with Crippen molar-refractivity contribution in [2.24, 2.45) is 0 Å². The van der Waals surface area contributed by atoms with Gasteiger partial charge >= 0.3 is 0 Å². The van der Waals surface area contributed by atoms with E-state index >= 15 is 0 Å². The molecule has 4 rings (SSSR count). The van der Waals surface area contributed by atoms with E-state index in [4.69, 9.17) is 11.6 Å². The summed E-state index contributed by atoms with van der Waals surface area (Å²) in [7, 11) is 0. The Kier molecular flexibility index (Phi) is 6.15. The van der Waals surface area contributed by atoms with Crippen molar-refractivity contribution in [2.45, 2.75) is 19.4 Å². The first-order chi connectivity index (χ1) is 14.6. The first-order valence-corrected chi connectivity index (χ1v) is 10.3. The number of nitrogens with zero attached hydrogens (tertiary/aromatic N) is 1. The molecule has 4 aromatic rings. The molecule has 0 spiro atoms. The van der Waals surface area contributed by atoms with Gasteiger partial charge in [0.15, 0.2) is 0 Å². The van der Waals surface area contributed by atoms with Crippen LogP contribution in [0.1, 0.15) is 16.7 Å². The topological polar surface area (TPSA) is 34.0 Å². The maximum Gasteiger partial charge on any atom is 0.224 e. The molecule has 1 aromatic heterocycles. The molecule has 0 aliphatic carbocycles. The minimum atomic E-state index is -0.243. The number of carbonyl (C=O) groups excluding carboxylic acids is 1. The molecule has 0 aliphatic rings. The number of fused-ring (bicyclic) bond motifs is 1. The van der Waals surface area contributed by atoms with Crippen LogP contribution in [-0.4, -0.2) is 17.0 Å². The van der Waals surface area contributed by atoms with Crippen molar-refractivity contribution in [1.82, 2.24) is 9.88 Å². The lowest BCUT2D eigenvalue weighted by Crippen LogP contribution is -2.27. The molecular formula is C25H22ClFN2O. The molecule has 0 radical (unpaired) electrons. The summed E-state index contributed by atoms with van der Waals surface area (Å²) in [5.41, 5.74) is 4.19. The van der Waals surface area contributed by atoms with Gasteiger partial charge in [-0.2, -0.15) is 0 Å². The van der Waals surface area contributed by atoms with E-state index in [9.17, 15) is 9.18 Å². The van der Waals surface area contributed by atoms with Gasteiger partial charge in [0.2, 0.25) is 5.91 Å². The molecule has 1 heterocycles. The molecule has 1 amide bonds. The Balaban J connectivity index is 1.43. The van der Waals surface area contributed by atoms with Crippen LogP contribution in [0.5, 0.6) is 0 Å². The van der Waals surface area contributed by atoms with Crippen LogP contribution >= 0.6 is 11.6 Å². The predicted octanol–water partition coefficient (Wildman–Crippen LogP) is 5.38. The summed E-state index contributed by atoms with van der Waals surface area (Å²) < 4.78 is 15.3. The Labute approximate surface area is 180 Å². The molecule has 0 saturated heterocycles. The Morgan fingerprint density at radius 3 is 2.40 bits per heavy atom. The lowest BCUT2D eigenvalue weighted by molar-refractivity contribution is -0.120. The van der Waals surface area contributed by atoms with Crippen LogP contribution in [0.25, 0.3) is 10.9 Å². The van der Waals surface area contributed by atoms with Crippen molar-refractivity contribution in [2.75, 3.05) is 6.54 Å². The highest BCUT2D eigenvalue weighted by Gasteiger charge is 2.12. The van der Waals surface area contributed by atoms with Crippen molar-refractivity contribution in [3.8, 4) is 0 Å². The maximum absolute atomic E-state index is 13.2. The van der Waals surface area contributed by atoms with Crippen LogP contribution in [0.3, 0.4) is 0 Å². The summed E-state index contributed by atoms with van der Waals surface area (Å²) in [6.45, 7) is 1.20. The van der Waals surface area contributed by atoms with Gasteiger partial charge in [-0.25, -0.2) is 4.39 Å². The summed E-state index contributed by atoms with van der Waals surface area (Å²) >= 11 is 5.91. The third-order valence-electron chi connectivity index (χ3n) is 5.14. The van der Waals surface area contributed by atoms with Gasteiger partial charge in [-0.1, -0.05) is 54.1 Å². The summed E-state index contributed by atoms with van der Waals surface area (Å²) in [5, 5.41) is 4.77. The summed E-state index contributed by atoms with van der Waals surface area (Å²) in [6, 6.07) is 22.2. The second-order valence-electron chi connectivity index (χ2n) is 7.33. The Morgan fingerprint density at radius 2 is 1.63 bits per heavy atom. The molecule has 0 atom stereocenters. The standard InChI is InChI=1S/C25H22ClFN2O/c26-21-9-5-18(6-10-21)13-14-28-25(30)15-20-17-29(24-4-2-1-3-23(20)24)16-19-7-11-22(27)12-8-19/h1-12,17H,13-16H2,(H,28,30). The lowest BCUT2D eigenvalue weighted by Gasteiger charge is -2.06. The van der Waals surface area contributed by atoms with Gasteiger partial charge in [0.1, 0.15) is 5.82 Å². The van der Waals surface area contributed by atoms with Gasteiger partial charge in [-0.3, -0.25) is 4.79 Å². The summed E-state index contributed by atoms with van der Waals surface area (Å²) in [4.78, 5) is 12.5. The van der Waals surface area contributed by atoms with E-state index in [1.807, 2.05) is 54.7 Å². The fourth-order valence-corrected chi connectivity index (χ4v) is 3.74. The fraction of sp³-hybridized carbons (Fsp3) is 0.160. The smallest absolute Gasteiger partial charge is 0.224 e. The number of amides is 1. The molecule has 0 aliphatic heterocycles. The highest BCUT2D eigenvalue weighted by molar-refractivity contribution is 6.30. The summed E-state index contributed by atoms with van der Waals surface area (Å²) in [6.07, 6.45) is 3.10. The van der Waals surface area contributed by atoms with Gasteiger partial charge in [0, 0.05) is 35.2 Å². The molecule has 5 heteroatoms. The van der Waals surface area contributed by atoms with Crippen molar-refractivity contribution in [1.29, 1.82) is 0 Å². The molecule has 0 bridgehead atoms. The second kappa shape index (κ2) is 9.14. The van der Waals surface area contributed by atoms with E-state index in [2.05, 4.69) is 9.88 Å². The molecule has 0 unspecified atom stereocenters. The highest BCUT2D eigenvalue weighted by atomic mass is 35.5. The largest absolute Gasteiger partial charge is 0.355 e. The van der Waals surface area contributed by atoms with Gasteiger partial charge in [0.25, 0.3) is 0 Å². The fourth-order valence-electron chi connectivity index (χ4n) is 3.61. The first kappa shape index (κ1) is 20.2. The van der Waals surface area contributed by atoms with Gasteiger partial charge in [-0.15, -0.1) is 0 Å². The third kappa shape index (κ3) is 4.89. The minimum Gasteiger partial charge on any atom is -0.355 e. The molecule has 152 valence electrons. The van der Waals surface area contributed by atoms with Crippen molar-refractivity contribution >= 4 is 28.4 Å². The molecule has 0 fully saturated rings. The number of hydrogen-bond acceptors (Lipinski definition) is 1. The number of benzene rings is 3. The first-order valence-electron chi connectivity index (χ1n) is 9.91. The number of nitrogens with one attached hydrogen (secondary N) is 1. The zero-order chi connectivity index (χ0) is 20.9. The zero-order valence-corrected chi connectivity index (χ0v) is 17.2. The van der Waals surface area contributed by atoms with Crippen LogP contribution in [0, 0.1) is 5.82 Å². The van der Waals surface area contributed by atoms with E-state index in [0.717, 1.165) is 34.0 Å². The molecule has 0 saturated carbocycles. The van der Waals surface area contributed by atoms with Gasteiger partial charge in [0.05, 0.1) is 6.42 Å². The van der Waals surface area contributed by atoms with E-state index in [1.54, 1.807) is 12.1 Å². The number of hydrogen-bond donors (Lipinski definition) is 1. The number of carbonyl (C=O) groups is 1. The Hall–Kier alpha value is -3.11. The molecule has 1 N–H and O–H groups in total. The maximum atomic E-state index is 13.2. The Morgan fingerprint density at radius 1 is 0.933 bits per heavy atom. The molecule has 3 aromatic carbocycles. The van der Waals surface area contributed by atoms with Crippen LogP contribution in [0.2, 0.25) is 5.02 Å². The van der Waals surface area contributed by atoms with E-state index in [-0.39, 0.29) is 11.7 Å². The SMILES string of the molecule is O=C(Cc1cn(Cc2ccc(F)cc2)c2ccccc12)NCCc1ccc(Cl)cc1. The van der Waals surface area contributed by atoms with Crippen molar-refractivity contribution in [3.05, 3.63) is 107 Å². The average Bonchev–Trinajstić information content (AvgIpc) is 3.08. The molecule has 30 heavy (non-hydrogen) atoms. The molecular weight excluding hydrogens is 399 g/mol. The van der Waals surface area contributed by atoms with E-state index in [0.29, 0.717) is 24.5 Å². The molecule has 3 nitrogen and oxygen atoms in total. The number of rotatable bonds is 7. The quantitative estimate of drug-likeness (QED) is 0.427. The van der Waals surface area contributed by atoms with Gasteiger partial charge in [-0.05, 0) is 53.4 Å². The predicted molar refractivity (Wildman–Crippen MR) is 119 cm³/mol. The number of halogens is 2. The van der Waals surface area contributed by atoms with Crippen molar-refractivity contribution < 1.29 is 9.18 Å². The monoisotopic (exact) mass is 420 g/mol. The summed E-state index contributed by atoms with van der Waals surface area (Å²) in [5.74, 6) is -0.249. The highest BCUT2D eigenvalue weighted by Crippen LogP contribution is 2.23. The van der Waals surface area contributed by atoms with Crippen molar-refractivity contribution in [3.63, 3.8) is 0 Å². The lowest BCUT2D eigenvalue weighted by atomic mass is 10.1. The number of aromatic nitrogens is 1. The zero-order valence-electron chi connectivity index (χ0n) is 16.4. The number of para-hydroxylation sites is 1. The van der Waals surface area contributed by atoms with Crippen LogP contribution < -0.4 is 5.32 Å². The second-order valence-corrected chi connectivity index (χ2v) is 7.77. The normalized spacial score (nSPS) is 11.0. The van der Waals surface area contributed by atoms with Crippen LogP contribution in [0.4, 0.5) is 4.39 Å². The van der Waals surface area contributed by atoms with Gasteiger partial charge < -0.3 is 9.88 Å². The Bertz CT molecular complexity index is 1150. The average molecular weight is 421 g/mol. The van der Waals surface area contributed by atoms with Crippen LogP contribution in [-0.2, 0) is 24.2 Å². The van der Waals surface area contributed by atoms with E-state index < -0.39 is 0 Å². The minimum absolute atomic E-state index is 0.00588. The van der Waals surface area contributed by atoms with E-state index in [1.165, 1.54) is 12.1 Å². The van der Waals surface area contributed by atoms with Crippen LogP contribution in [0.15, 0.2) is 79.0 Å².